The van der Waals surface area contributed by atoms with Gasteiger partial charge in [0, 0.05) is 16.9 Å². The number of aromatic amines is 1. The van der Waals surface area contributed by atoms with Gasteiger partial charge >= 0.3 is 0 Å². The monoisotopic (exact) mass is 271 g/mol. The molecule has 0 aliphatic heterocycles. The number of para-hydroxylation sites is 1. The minimum Gasteiger partial charge on any atom is -0.351 e. The molecule has 0 spiro atoms. The first-order valence-corrected chi connectivity index (χ1v) is 7.36. The van der Waals surface area contributed by atoms with Crippen LogP contribution in [0, 0.1) is 5.92 Å². The molecule has 1 aliphatic carbocycles. The fraction of sp³-hybridized carbons (Fsp3) is 0.438. The number of benzene rings is 1. The zero-order chi connectivity index (χ0) is 13.9. The molecule has 1 aliphatic rings. The van der Waals surface area contributed by atoms with Gasteiger partial charge in [0.05, 0.1) is 0 Å². The molecule has 1 heterocycles. The molecule has 0 saturated heterocycles. The second kappa shape index (κ2) is 5.67. The van der Waals surface area contributed by atoms with Crippen LogP contribution in [0.25, 0.3) is 10.9 Å². The van der Waals surface area contributed by atoms with Gasteiger partial charge in [-0.15, -0.1) is 0 Å². The maximum Gasteiger partial charge on any atom is 0.267 e. The summed E-state index contributed by atoms with van der Waals surface area (Å²) in [5.41, 5.74) is 7.44. The molecule has 1 fully saturated rings. The van der Waals surface area contributed by atoms with Crippen LogP contribution < -0.4 is 11.1 Å². The maximum atomic E-state index is 12.4. The molecule has 4 nitrogen and oxygen atoms in total. The van der Waals surface area contributed by atoms with Gasteiger partial charge in [-0.3, -0.25) is 4.79 Å². The van der Waals surface area contributed by atoms with E-state index in [1.807, 2.05) is 30.3 Å². The SMILES string of the molecule is NCC1CCCCC1NC(=O)c1cc2ccccc2[nH]1. The molecule has 1 saturated carbocycles. The zero-order valence-corrected chi connectivity index (χ0v) is 11.6. The first kappa shape index (κ1) is 13.2. The number of carbonyl (C=O) groups is 1. The summed E-state index contributed by atoms with van der Waals surface area (Å²) in [7, 11) is 0. The van der Waals surface area contributed by atoms with Gasteiger partial charge < -0.3 is 16.0 Å². The maximum absolute atomic E-state index is 12.4. The summed E-state index contributed by atoms with van der Waals surface area (Å²) in [6.45, 7) is 0.650. The van der Waals surface area contributed by atoms with E-state index in [0.29, 0.717) is 18.2 Å². The minimum atomic E-state index is -0.0217. The van der Waals surface area contributed by atoms with E-state index in [-0.39, 0.29) is 11.9 Å². The third-order valence-corrected chi connectivity index (χ3v) is 4.30. The summed E-state index contributed by atoms with van der Waals surface area (Å²) in [4.78, 5) is 15.5. The van der Waals surface area contributed by atoms with E-state index in [2.05, 4.69) is 10.3 Å². The van der Waals surface area contributed by atoms with E-state index in [0.717, 1.165) is 23.7 Å². The molecular weight excluding hydrogens is 250 g/mol. The zero-order valence-electron chi connectivity index (χ0n) is 11.6. The Morgan fingerprint density at radius 2 is 2.10 bits per heavy atom. The number of nitrogens with one attached hydrogen (secondary N) is 2. The Hall–Kier alpha value is -1.81. The largest absolute Gasteiger partial charge is 0.351 e. The van der Waals surface area contributed by atoms with Crippen molar-refractivity contribution in [3.05, 3.63) is 36.0 Å². The minimum absolute atomic E-state index is 0.0217. The standard InChI is InChI=1S/C16H21N3O/c17-10-12-6-2-4-8-14(12)19-16(20)15-9-11-5-1-3-7-13(11)18-15/h1,3,5,7,9,12,14,18H,2,4,6,8,10,17H2,(H,19,20). The fourth-order valence-electron chi connectivity index (χ4n) is 3.12. The molecule has 106 valence electrons. The highest BCUT2D eigenvalue weighted by molar-refractivity contribution is 5.98. The molecule has 3 rings (SSSR count). The van der Waals surface area contributed by atoms with Gasteiger partial charge in [0.15, 0.2) is 0 Å². The Labute approximate surface area is 118 Å². The third kappa shape index (κ3) is 2.56. The van der Waals surface area contributed by atoms with Gasteiger partial charge in [0.2, 0.25) is 0 Å². The van der Waals surface area contributed by atoms with E-state index in [4.69, 9.17) is 5.73 Å². The Balaban J connectivity index is 1.75. The molecule has 20 heavy (non-hydrogen) atoms. The number of hydrogen-bond donors (Lipinski definition) is 3. The third-order valence-electron chi connectivity index (χ3n) is 4.30. The van der Waals surface area contributed by atoms with Gasteiger partial charge in [0.25, 0.3) is 5.91 Å². The number of carbonyl (C=O) groups excluding carboxylic acids is 1. The van der Waals surface area contributed by atoms with Gasteiger partial charge in [-0.2, -0.15) is 0 Å². The Kier molecular flexibility index (Phi) is 3.74. The summed E-state index contributed by atoms with van der Waals surface area (Å²) in [6, 6.07) is 10.1. The van der Waals surface area contributed by atoms with E-state index >= 15 is 0 Å². The Bertz CT molecular complexity index is 572. The van der Waals surface area contributed by atoms with Gasteiger partial charge in [-0.25, -0.2) is 0 Å². The van der Waals surface area contributed by atoms with Crippen LogP contribution in [0.5, 0.6) is 0 Å². The molecule has 0 bridgehead atoms. The van der Waals surface area contributed by atoms with Crippen molar-refractivity contribution in [1.29, 1.82) is 0 Å². The van der Waals surface area contributed by atoms with Crippen molar-refractivity contribution in [2.45, 2.75) is 31.7 Å². The molecule has 1 aromatic carbocycles. The van der Waals surface area contributed by atoms with Crippen LogP contribution in [-0.2, 0) is 0 Å². The Morgan fingerprint density at radius 3 is 2.90 bits per heavy atom. The molecule has 4 heteroatoms. The summed E-state index contributed by atoms with van der Waals surface area (Å²) in [5, 5.41) is 4.21. The van der Waals surface area contributed by atoms with Crippen LogP contribution in [-0.4, -0.2) is 23.5 Å². The number of rotatable bonds is 3. The lowest BCUT2D eigenvalue weighted by molar-refractivity contribution is 0.0904. The van der Waals surface area contributed by atoms with Crippen molar-refractivity contribution >= 4 is 16.8 Å². The summed E-state index contributed by atoms with van der Waals surface area (Å²) in [5.74, 6) is 0.392. The van der Waals surface area contributed by atoms with Gasteiger partial charge in [-0.1, -0.05) is 31.0 Å². The van der Waals surface area contributed by atoms with Crippen molar-refractivity contribution in [3.63, 3.8) is 0 Å². The predicted octanol–water partition coefficient (Wildman–Crippen LogP) is 2.42. The van der Waals surface area contributed by atoms with Crippen molar-refractivity contribution in [2.75, 3.05) is 6.54 Å². The lowest BCUT2D eigenvalue weighted by Gasteiger charge is -2.31. The van der Waals surface area contributed by atoms with Crippen LogP contribution in [0.15, 0.2) is 30.3 Å². The lowest BCUT2D eigenvalue weighted by Crippen LogP contribution is -2.44. The first-order valence-electron chi connectivity index (χ1n) is 7.36. The second-order valence-corrected chi connectivity index (χ2v) is 5.63. The first-order chi connectivity index (χ1) is 9.78. The fourth-order valence-corrected chi connectivity index (χ4v) is 3.12. The highest BCUT2D eigenvalue weighted by Gasteiger charge is 2.26. The number of amides is 1. The molecule has 1 aromatic heterocycles. The van der Waals surface area contributed by atoms with Crippen molar-refractivity contribution in [3.8, 4) is 0 Å². The molecule has 2 unspecified atom stereocenters. The van der Waals surface area contributed by atoms with Crippen LogP contribution >= 0.6 is 0 Å². The lowest BCUT2D eigenvalue weighted by atomic mass is 9.84. The van der Waals surface area contributed by atoms with E-state index in [1.165, 1.54) is 12.8 Å². The quantitative estimate of drug-likeness (QED) is 0.802. The van der Waals surface area contributed by atoms with Gasteiger partial charge in [0.1, 0.15) is 5.69 Å². The van der Waals surface area contributed by atoms with Crippen molar-refractivity contribution in [2.24, 2.45) is 11.7 Å². The van der Waals surface area contributed by atoms with Crippen molar-refractivity contribution in [1.82, 2.24) is 10.3 Å². The summed E-state index contributed by atoms with van der Waals surface area (Å²) in [6.07, 6.45) is 4.55. The number of aromatic nitrogens is 1. The molecule has 4 N–H and O–H groups in total. The van der Waals surface area contributed by atoms with E-state index < -0.39 is 0 Å². The van der Waals surface area contributed by atoms with Crippen LogP contribution in [0.2, 0.25) is 0 Å². The Morgan fingerprint density at radius 1 is 1.30 bits per heavy atom. The summed E-state index contributed by atoms with van der Waals surface area (Å²) < 4.78 is 0. The topological polar surface area (TPSA) is 70.9 Å². The number of nitrogens with two attached hydrogens (primary N) is 1. The average Bonchev–Trinajstić information content (AvgIpc) is 2.92. The molecule has 2 atom stereocenters. The molecule has 0 radical (unpaired) electrons. The number of H-pyrrole nitrogens is 1. The number of fused-ring (bicyclic) bond motifs is 1. The highest BCUT2D eigenvalue weighted by Crippen LogP contribution is 2.24. The molecular formula is C16H21N3O. The molecule has 1 amide bonds. The van der Waals surface area contributed by atoms with Crippen LogP contribution in [0.3, 0.4) is 0 Å². The summed E-state index contributed by atoms with van der Waals surface area (Å²) >= 11 is 0. The number of hydrogen-bond acceptors (Lipinski definition) is 2. The molecule has 2 aromatic rings. The van der Waals surface area contributed by atoms with Crippen LogP contribution in [0.1, 0.15) is 36.2 Å². The average molecular weight is 271 g/mol. The van der Waals surface area contributed by atoms with Gasteiger partial charge in [-0.05, 0) is 37.4 Å². The smallest absolute Gasteiger partial charge is 0.267 e. The second-order valence-electron chi connectivity index (χ2n) is 5.63. The van der Waals surface area contributed by atoms with E-state index in [1.54, 1.807) is 0 Å². The predicted molar refractivity (Wildman–Crippen MR) is 80.6 cm³/mol. The van der Waals surface area contributed by atoms with Crippen LogP contribution in [0.4, 0.5) is 0 Å². The van der Waals surface area contributed by atoms with E-state index in [9.17, 15) is 4.79 Å². The normalized spacial score (nSPS) is 22.9. The highest BCUT2D eigenvalue weighted by atomic mass is 16.1. The van der Waals surface area contributed by atoms with Crippen molar-refractivity contribution < 1.29 is 4.79 Å².